The molecule has 1 heterocycles. The zero-order valence-electron chi connectivity index (χ0n) is 6.93. The van der Waals surface area contributed by atoms with Crippen LogP contribution in [0, 0.1) is 10.1 Å². The van der Waals surface area contributed by atoms with Crippen molar-refractivity contribution < 1.29 is 4.92 Å². The van der Waals surface area contributed by atoms with Crippen molar-refractivity contribution in [3.63, 3.8) is 0 Å². The highest BCUT2D eigenvalue weighted by atomic mass is 32.1. The summed E-state index contributed by atoms with van der Waals surface area (Å²) in [5.41, 5.74) is 5.69. The minimum Gasteiger partial charge on any atom is -0.392 e. The van der Waals surface area contributed by atoms with Crippen LogP contribution in [0.25, 0.3) is 10.1 Å². The summed E-state index contributed by atoms with van der Waals surface area (Å²) in [6, 6.07) is 3.55. The first-order valence-corrected chi connectivity index (χ1v) is 5.07. The van der Waals surface area contributed by atoms with Crippen molar-refractivity contribution in [2.24, 2.45) is 0 Å². The lowest BCUT2D eigenvalue weighted by atomic mass is 10.2. The largest absolute Gasteiger partial charge is 0.392 e. The molecule has 1 aromatic heterocycles. The SMILES string of the molecule is Nc1c(S)cc2ccsc2c1[N+](=O)[O-]. The molecule has 0 aliphatic heterocycles. The first kappa shape index (κ1) is 9.29. The summed E-state index contributed by atoms with van der Waals surface area (Å²) in [6.45, 7) is 0. The molecule has 2 aromatic rings. The minimum absolute atomic E-state index is 0.0394. The number of anilines is 1. The number of hydrogen-bond acceptors (Lipinski definition) is 5. The summed E-state index contributed by atoms with van der Waals surface area (Å²) in [4.78, 5) is 10.8. The van der Waals surface area contributed by atoms with Crippen LogP contribution in [0.5, 0.6) is 0 Å². The average molecular weight is 226 g/mol. The molecule has 0 unspecified atom stereocenters. The topological polar surface area (TPSA) is 69.2 Å². The molecular formula is C8H6N2O2S2. The molecule has 2 rings (SSSR count). The van der Waals surface area contributed by atoms with E-state index in [0.29, 0.717) is 9.60 Å². The molecule has 4 nitrogen and oxygen atoms in total. The number of hydrogen-bond donors (Lipinski definition) is 2. The van der Waals surface area contributed by atoms with Gasteiger partial charge in [-0.25, -0.2) is 0 Å². The molecule has 6 heteroatoms. The highest BCUT2D eigenvalue weighted by Crippen LogP contribution is 2.39. The zero-order valence-corrected chi connectivity index (χ0v) is 8.64. The molecule has 0 aliphatic carbocycles. The fraction of sp³-hybridized carbons (Fsp3) is 0. The predicted octanol–water partition coefficient (Wildman–Crippen LogP) is 2.68. The van der Waals surface area contributed by atoms with Crippen molar-refractivity contribution in [1.29, 1.82) is 0 Å². The van der Waals surface area contributed by atoms with Crippen LogP contribution in [-0.2, 0) is 0 Å². The Morgan fingerprint density at radius 2 is 2.29 bits per heavy atom. The minimum atomic E-state index is -0.464. The highest BCUT2D eigenvalue weighted by Gasteiger charge is 2.19. The summed E-state index contributed by atoms with van der Waals surface area (Å²) in [5.74, 6) is 0. The van der Waals surface area contributed by atoms with E-state index < -0.39 is 4.92 Å². The molecule has 2 N–H and O–H groups in total. The lowest BCUT2D eigenvalue weighted by Gasteiger charge is -2.01. The van der Waals surface area contributed by atoms with Crippen molar-refractivity contribution in [2.45, 2.75) is 4.90 Å². The number of benzene rings is 1. The maximum atomic E-state index is 10.8. The maximum Gasteiger partial charge on any atom is 0.310 e. The molecule has 72 valence electrons. The van der Waals surface area contributed by atoms with Crippen LogP contribution >= 0.6 is 24.0 Å². The Kier molecular flexibility index (Phi) is 2.09. The first-order valence-electron chi connectivity index (χ1n) is 3.74. The zero-order chi connectivity index (χ0) is 10.3. The number of thiol groups is 1. The van der Waals surface area contributed by atoms with E-state index in [-0.39, 0.29) is 11.4 Å². The number of nitrogens with zero attached hydrogens (tertiary/aromatic N) is 1. The monoisotopic (exact) mass is 226 g/mol. The van der Waals surface area contributed by atoms with Crippen molar-refractivity contribution in [2.75, 3.05) is 5.73 Å². The number of rotatable bonds is 1. The van der Waals surface area contributed by atoms with Crippen LogP contribution in [0.3, 0.4) is 0 Å². The van der Waals surface area contributed by atoms with Gasteiger partial charge in [0.2, 0.25) is 0 Å². The van der Waals surface area contributed by atoms with Crippen molar-refractivity contribution in [3.8, 4) is 0 Å². The van der Waals surface area contributed by atoms with Gasteiger partial charge < -0.3 is 5.73 Å². The average Bonchev–Trinajstić information content (AvgIpc) is 2.52. The quantitative estimate of drug-likeness (QED) is 0.340. The molecule has 14 heavy (non-hydrogen) atoms. The molecular weight excluding hydrogens is 220 g/mol. The summed E-state index contributed by atoms with van der Waals surface area (Å²) in [6.07, 6.45) is 0. The number of fused-ring (bicyclic) bond motifs is 1. The van der Waals surface area contributed by atoms with Gasteiger partial charge in [0, 0.05) is 10.3 Å². The van der Waals surface area contributed by atoms with E-state index in [0.717, 1.165) is 5.39 Å². The van der Waals surface area contributed by atoms with E-state index in [1.807, 2.05) is 6.07 Å². The predicted molar refractivity (Wildman–Crippen MR) is 60.1 cm³/mol. The molecule has 0 saturated carbocycles. The maximum absolute atomic E-state index is 10.8. The molecule has 0 saturated heterocycles. The molecule has 0 spiro atoms. The van der Waals surface area contributed by atoms with Gasteiger partial charge in [0.05, 0.1) is 4.92 Å². The third-order valence-electron chi connectivity index (χ3n) is 1.92. The second kappa shape index (κ2) is 3.14. The van der Waals surface area contributed by atoms with Gasteiger partial charge in [0.25, 0.3) is 0 Å². The van der Waals surface area contributed by atoms with Crippen molar-refractivity contribution >= 4 is 45.4 Å². The third-order valence-corrected chi connectivity index (χ3v) is 3.22. The van der Waals surface area contributed by atoms with Gasteiger partial charge >= 0.3 is 5.69 Å². The number of nitrogen functional groups attached to an aromatic ring is 1. The van der Waals surface area contributed by atoms with Crippen molar-refractivity contribution in [1.82, 2.24) is 0 Å². The van der Waals surface area contributed by atoms with Gasteiger partial charge in [0.1, 0.15) is 10.4 Å². The molecule has 1 aromatic carbocycles. The Morgan fingerprint density at radius 1 is 1.57 bits per heavy atom. The third kappa shape index (κ3) is 1.23. The highest BCUT2D eigenvalue weighted by molar-refractivity contribution is 7.80. The Balaban J connectivity index is 2.93. The van der Waals surface area contributed by atoms with Crippen LogP contribution in [0.15, 0.2) is 22.4 Å². The standard InChI is InChI=1S/C8H6N2O2S2/c9-6-5(13)3-4-1-2-14-8(4)7(6)10(11)12/h1-3,13H,9H2. The summed E-state index contributed by atoms with van der Waals surface area (Å²) in [5, 5.41) is 13.4. The van der Waals surface area contributed by atoms with E-state index >= 15 is 0 Å². The molecule has 0 fully saturated rings. The molecule has 0 aliphatic rings. The normalized spacial score (nSPS) is 10.6. The van der Waals surface area contributed by atoms with Crippen LogP contribution in [0.1, 0.15) is 0 Å². The van der Waals surface area contributed by atoms with Crippen LogP contribution < -0.4 is 5.73 Å². The Bertz CT molecular complexity index is 521. The molecule has 0 amide bonds. The second-order valence-electron chi connectivity index (χ2n) is 2.75. The van der Waals surface area contributed by atoms with Crippen molar-refractivity contribution in [3.05, 3.63) is 27.6 Å². The number of nitro groups is 1. The summed E-state index contributed by atoms with van der Waals surface area (Å²) < 4.78 is 0.602. The van der Waals surface area contributed by atoms with Crippen LogP contribution in [0.4, 0.5) is 11.4 Å². The van der Waals surface area contributed by atoms with E-state index in [4.69, 9.17) is 5.73 Å². The van der Waals surface area contributed by atoms with Gasteiger partial charge in [-0.2, -0.15) is 0 Å². The van der Waals surface area contributed by atoms with E-state index in [1.165, 1.54) is 11.3 Å². The van der Waals surface area contributed by atoms with E-state index in [1.54, 1.807) is 11.4 Å². The molecule has 0 atom stereocenters. The van der Waals surface area contributed by atoms with E-state index in [9.17, 15) is 10.1 Å². The number of nitro benzene ring substituents is 1. The smallest absolute Gasteiger partial charge is 0.310 e. The number of thiophene rings is 1. The van der Waals surface area contributed by atoms with Gasteiger partial charge in [-0.05, 0) is 17.5 Å². The molecule has 0 radical (unpaired) electrons. The lowest BCUT2D eigenvalue weighted by molar-refractivity contribution is -0.382. The Labute approximate surface area is 88.9 Å². The second-order valence-corrected chi connectivity index (χ2v) is 4.15. The number of nitrogens with two attached hydrogens (primary N) is 1. The van der Waals surface area contributed by atoms with Crippen LogP contribution in [-0.4, -0.2) is 4.92 Å². The molecule has 0 bridgehead atoms. The van der Waals surface area contributed by atoms with Crippen LogP contribution in [0.2, 0.25) is 0 Å². The lowest BCUT2D eigenvalue weighted by Crippen LogP contribution is -1.96. The van der Waals surface area contributed by atoms with E-state index in [2.05, 4.69) is 12.6 Å². The Hall–Kier alpha value is -1.27. The summed E-state index contributed by atoms with van der Waals surface area (Å²) >= 11 is 5.40. The van der Waals surface area contributed by atoms with Gasteiger partial charge in [-0.1, -0.05) is 0 Å². The Morgan fingerprint density at radius 3 is 2.93 bits per heavy atom. The van der Waals surface area contributed by atoms with Gasteiger partial charge in [0.15, 0.2) is 0 Å². The fourth-order valence-corrected chi connectivity index (χ4v) is 2.43. The van der Waals surface area contributed by atoms with Gasteiger partial charge in [-0.3, -0.25) is 10.1 Å². The fourth-order valence-electron chi connectivity index (χ4n) is 1.28. The first-order chi connectivity index (χ1) is 6.61. The van der Waals surface area contributed by atoms with Gasteiger partial charge in [-0.15, -0.1) is 24.0 Å². The summed E-state index contributed by atoms with van der Waals surface area (Å²) in [7, 11) is 0.